The molecule has 1 rings (SSSR count). The van der Waals surface area contributed by atoms with Gasteiger partial charge in [0, 0.05) is 22.5 Å². The van der Waals surface area contributed by atoms with E-state index in [1.165, 1.54) is 6.26 Å². The van der Waals surface area contributed by atoms with Crippen molar-refractivity contribution in [1.82, 2.24) is 5.43 Å². The van der Waals surface area contributed by atoms with E-state index in [-0.39, 0.29) is 11.8 Å². The molecule has 3 N–H and O–H groups in total. The molecule has 0 aromatic heterocycles. The van der Waals surface area contributed by atoms with Crippen molar-refractivity contribution in [1.29, 1.82) is 0 Å². The van der Waals surface area contributed by atoms with E-state index >= 15 is 0 Å². The minimum Gasteiger partial charge on any atom is -0.271 e. The maximum absolute atomic E-state index is 11.0. The van der Waals surface area contributed by atoms with E-state index in [0.29, 0.717) is 12.8 Å². The minimum atomic E-state index is -2.90. The van der Waals surface area contributed by atoms with Gasteiger partial charge in [0.05, 0.1) is 0 Å². The summed E-state index contributed by atoms with van der Waals surface area (Å²) >= 11 is 3.40. The summed E-state index contributed by atoms with van der Waals surface area (Å²) in [5.74, 6) is 5.68. The summed E-state index contributed by atoms with van der Waals surface area (Å²) in [5.41, 5.74) is 3.77. The molecule has 0 bridgehead atoms. The van der Waals surface area contributed by atoms with Crippen LogP contribution in [-0.4, -0.2) is 20.4 Å². The molecule has 0 saturated heterocycles. The van der Waals surface area contributed by atoms with Gasteiger partial charge < -0.3 is 0 Å². The van der Waals surface area contributed by atoms with Crippen molar-refractivity contribution in [2.45, 2.75) is 18.9 Å². The fourth-order valence-electron chi connectivity index (χ4n) is 1.62. The number of sulfone groups is 1. The monoisotopic (exact) mass is 320 g/mol. The van der Waals surface area contributed by atoms with Crippen molar-refractivity contribution >= 4 is 25.8 Å². The summed E-state index contributed by atoms with van der Waals surface area (Å²) in [7, 11) is -2.90. The molecule has 0 amide bonds. The Balaban J connectivity index is 2.60. The van der Waals surface area contributed by atoms with E-state index < -0.39 is 9.84 Å². The largest absolute Gasteiger partial charge is 0.271 e. The molecule has 6 heteroatoms. The fourth-order valence-corrected chi connectivity index (χ4v) is 2.73. The molecule has 0 spiro atoms. The van der Waals surface area contributed by atoms with Gasteiger partial charge >= 0.3 is 0 Å². The molecular formula is C11H17BrN2O2S. The maximum Gasteiger partial charge on any atom is 0.147 e. The van der Waals surface area contributed by atoms with Crippen molar-refractivity contribution in [2.24, 2.45) is 5.84 Å². The van der Waals surface area contributed by atoms with Crippen LogP contribution in [0.4, 0.5) is 0 Å². The molecule has 96 valence electrons. The van der Waals surface area contributed by atoms with E-state index in [1.54, 1.807) is 0 Å². The lowest BCUT2D eigenvalue weighted by Gasteiger charge is -2.16. The Morgan fingerprint density at radius 3 is 2.71 bits per heavy atom. The molecule has 0 fully saturated rings. The van der Waals surface area contributed by atoms with Gasteiger partial charge in [-0.05, 0) is 30.5 Å². The Morgan fingerprint density at radius 2 is 2.18 bits per heavy atom. The summed E-state index contributed by atoms with van der Waals surface area (Å²) in [6.45, 7) is 0. The van der Waals surface area contributed by atoms with Gasteiger partial charge in [0.1, 0.15) is 9.84 Å². The minimum absolute atomic E-state index is 0.0192. The van der Waals surface area contributed by atoms with Crippen LogP contribution in [0.15, 0.2) is 28.7 Å². The zero-order valence-corrected chi connectivity index (χ0v) is 12.1. The Morgan fingerprint density at radius 1 is 1.47 bits per heavy atom. The first kappa shape index (κ1) is 14.6. The van der Waals surface area contributed by atoms with Gasteiger partial charge in [-0.25, -0.2) is 8.42 Å². The standard InChI is InChI=1S/C11H17BrN2O2S/c1-17(15,16)7-3-6-11(14-13)9-4-2-5-10(12)8-9/h2,4-5,8,11,14H,3,6-7,13H2,1H3. The zero-order valence-electron chi connectivity index (χ0n) is 9.69. The van der Waals surface area contributed by atoms with Gasteiger partial charge in [-0.3, -0.25) is 11.3 Å². The highest BCUT2D eigenvalue weighted by Crippen LogP contribution is 2.21. The molecule has 0 heterocycles. The second-order valence-corrected chi connectivity index (χ2v) is 7.22. The van der Waals surface area contributed by atoms with Crippen LogP contribution in [0.2, 0.25) is 0 Å². The quantitative estimate of drug-likeness (QED) is 0.619. The maximum atomic E-state index is 11.0. The van der Waals surface area contributed by atoms with Crippen LogP contribution in [-0.2, 0) is 9.84 Å². The number of hydrogen-bond acceptors (Lipinski definition) is 4. The topological polar surface area (TPSA) is 72.2 Å². The van der Waals surface area contributed by atoms with Crippen LogP contribution in [0.25, 0.3) is 0 Å². The third kappa shape index (κ3) is 5.63. The molecule has 0 aliphatic rings. The highest BCUT2D eigenvalue weighted by Gasteiger charge is 2.11. The number of rotatable bonds is 6. The molecule has 1 atom stereocenters. The van der Waals surface area contributed by atoms with Crippen molar-refractivity contribution in [3.05, 3.63) is 34.3 Å². The Kier molecular flexibility index (Phi) is 5.58. The van der Waals surface area contributed by atoms with Crippen molar-refractivity contribution in [3.63, 3.8) is 0 Å². The molecule has 1 unspecified atom stereocenters. The van der Waals surface area contributed by atoms with Gasteiger partial charge in [0.2, 0.25) is 0 Å². The van der Waals surface area contributed by atoms with Crippen molar-refractivity contribution < 1.29 is 8.42 Å². The molecule has 17 heavy (non-hydrogen) atoms. The third-order valence-corrected chi connectivity index (χ3v) is 3.98. The molecule has 0 aliphatic heterocycles. The molecule has 1 aromatic rings. The summed E-state index contributed by atoms with van der Waals surface area (Å²) in [6.07, 6.45) is 2.54. The first-order chi connectivity index (χ1) is 7.92. The second-order valence-electron chi connectivity index (χ2n) is 4.05. The zero-order chi connectivity index (χ0) is 12.9. The smallest absolute Gasteiger partial charge is 0.147 e. The van der Waals surface area contributed by atoms with E-state index in [9.17, 15) is 8.42 Å². The van der Waals surface area contributed by atoms with Crippen LogP contribution in [0.3, 0.4) is 0 Å². The predicted molar refractivity (Wildman–Crippen MR) is 73.2 cm³/mol. The van der Waals surface area contributed by atoms with Crippen molar-refractivity contribution in [2.75, 3.05) is 12.0 Å². The number of nitrogens with two attached hydrogens (primary N) is 1. The molecular weight excluding hydrogens is 304 g/mol. The van der Waals surface area contributed by atoms with E-state index in [4.69, 9.17) is 5.84 Å². The van der Waals surface area contributed by atoms with Gasteiger partial charge in [0.15, 0.2) is 0 Å². The lowest BCUT2D eigenvalue weighted by atomic mass is 10.0. The summed E-state index contributed by atoms with van der Waals surface area (Å²) in [4.78, 5) is 0. The molecule has 1 aromatic carbocycles. The van der Waals surface area contributed by atoms with E-state index in [1.807, 2.05) is 24.3 Å². The first-order valence-corrected chi connectivity index (χ1v) is 8.17. The lowest BCUT2D eigenvalue weighted by molar-refractivity contribution is 0.507. The Bertz CT molecular complexity index is 462. The number of nitrogens with one attached hydrogen (secondary N) is 1. The lowest BCUT2D eigenvalue weighted by Crippen LogP contribution is -2.28. The fraction of sp³-hybridized carbons (Fsp3) is 0.455. The highest BCUT2D eigenvalue weighted by molar-refractivity contribution is 9.10. The van der Waals surface area contributed by atoms with Gasteiger partial charge in [-0.15, -0.1) is 0 Å². The first-order valence-electron chi connectivity index (χ1n) is 5.31. The summed E-state index contributed by atoms with van der Waals surface area (Å²) in [6, 6.07) is 7.79. The molecule has 0 saturated carbocycles. The van der Waals surface area contributed by atoms with Crippen LogP contribution >= 0.6 is 15.9 Å². The molecule has 4 nitrogen and oxygen atoms in total. The number of halogens is 1. The normalized spacial score (nSPS) is 13.6. The number of hydrazine groups is 1. The van der Waals surface area contributed by atoms with Gasteiger partial charge in [-0.1, -0.05) is 28.1 Å². The SMILES string of the molecule is CS(=O)(=O)CCCC(NN)c1cccc(Br)c1. The van der Waals surface area contributed by atoms with Crippen LogP contribution < -0.4 is 11.3 Å². The van der Waals surface area contributed by atoms with Gasteiger partial charge in [0.25, 0.3) is 0 Å². The van der Waals surface area contributed by atoms with Crippen LogP contribution in [0.1, 0.15) is 24.4 Å². The van der Waals surface area contributed by atoms with Gasteiger partial charge in [-0.2, -0.15) is 0 Å². The predicted octanol–water partition coefficient (Wildman–Crippen LogP) is 1.78. The third-order valence-electron chi connectivity index (χ3n) is 2.46. The average Bonchev–Trinajstić information content (AvgIpc) is 2.23. The number of benzene rings is 1. The second kappa shape index (κ2) is 6.49. The average molecular weight is 321 g/mol. The van der Waals surface area contributed by atoms with E-state index in [0.717, 1.165) is 10.0 Å². The van der Waals surface area contributed by atoms with Crippen LogP contribution in [0, 0.1) is 0 Å². The van der Waals surface area contributed by atoms with Crippen LogP contribution in [0.5, 0.6) is 0 Å². The number of hydrogen-bond donors (Lipinski definition) is 2. The Hall–Kier alpha value is -0.430. The van der Waals surface area contributed by atoms with Crippen molar-refractivity contribution in [3.8, 4) is 0 Å². The molecule has 0 aliphatic carbocycles. The van der Waals surface area contributed by atoms with E-state index in [2.05, 4.69) is 21.4 Å². The molecule has 0 radical (unpaired) electrons. The summed E-state index contributed by atoms with van der Waals surface area (Å²) < 4.78 is 23.0. The summed E-state index contributed by atoms with van der Waals surface area (Å²) in [5, 5.41) is 0. The Labute approximate surface area is 111 Å². The highest BCUT2D eigenvalue weighted by atomic mass is 79.9.